The van der Waals surface area contributed by atoms with Gasteiger partial charge in [-0.1, -0.05) is 59.5 Å². The van der Waals surface area contributed by atoms with E-state index in [4.69, 9.17) is 27.9 Å². The number of nitrogens with one attached hydrogen (secondary N) is 2. The van der Waals surface area contributed by atoms with Crippen molar-refractivity contribution in [2.24, 2.45) is 0 Å². The van der Waals surface area contributed by atoms with Gasteiger partial charge in [-0.15, -0.1) is 0 Å². The van der Waals surface area contributed by atoms with Gasteiger partial charge in [-0.3, -0.25) is 4.98 Å². The summed E-state index contributed by atoms with van der Waals surface area (Å²) in [4.78, 5) is 8.77. The Morgan fingerprint density at radius 3 is 2.60 bits per heavy atom. The van der Waals surface area contributed by atoms with Crippen LogP contribution in [0.1, 0.15) is 22.5 Å². The number of hydrogen-bond donors (Lipinski definition) is 3. The fourth-order valence-corrected chi connectivity index (χ4v) is 4.70. The van der Waals surface area contributed by atoms with Crippen molar-refractivity contribution >= 4 is 51.2 Å². The van der Waals surface area contributed by atoms with Gasteiger partial charge in [-0.05, 0) is 41.8 Å². The second-order valence-electron chi connectivity index (χ2n) is 9.05. The number of nitrogens with zero attached hydrogens (tertiary/aromatic N) is 4. The monoisotopic (exact) mass is 600 g/mol. The summed E-state index contributed by atoms with van der Waals surface area (Å²) in [5.74, 6) is 4.97. The van der Waals surface area contributed by atoms with E-state index in [1.165, 1.54) is 24.4 Å². The molecule has 0 spiro atoms. The number of fused-ring (bicyclic) bond motifs is 1. The quantitative estimate of drug-likeness (QED) is 0.163. The van der Waals surface area contributed by atoms with Crippen LogP contribution in [-0.2, 0) is 24.6 Å². The third-order valence-corrected chi connectivity index (χ3v) is 6.85. The van der Waals surface area contributed by atoms with Crippen molar-refractivity contribution in [1.29, 1.82) is 5.26 Å². The summed E-state index contributed by atoms with van der Waals surface area (Å²) in [7, 11) is 0. The van der Waals surface area contributed by atoms with E-state index in [9.17, 15) is 14.8 Å². The van der Waals surface area contributed by atoms with Crippen LogP contribution in [0, 0.1) is 29.0 Å². The predicted octanol–water partition coefficient (Wildman–Crippen LogP) is 6.62. The van der Waals surface area contributed by atoms with Gasteiger partial charge in [0, 0.05) is 23.0 Å². The summed E-state index contributed by atoms with van der Waals surface area (Å²) in [6, 6.07) is 19.7. The first-order valence-corrected chi connectivity index (χ1v) is 13.5. The Bertz CT molecular complexity index is 1840. The van der Waals surface area contributed by atoms with Crippen LogP contribution in [0.5, 0.6) is 0 Å². The zero-order valence-corrected chi connectivity index (χ0v) is 23.5. The van der Waals surface area contributed by atoms with E-state index in [2.05, 4.69) is 38.5 Å². The van der Waals surface area contributed by atoms with Crippen LogP contribution in [0.25, 0.3) is 10.9 Å². The summed E-state index contributed by atoms with van der Waals surface area (Å²) < 4.78 is 21.5. The Balaban J connectivity index is 1.43. The summed E-state index contributed by atoms with van der Waals surface area (Å²) in [6.45, 7) is 0.663. The molecular formula is C31H23Cl2FN6O2. The molecule has 0 saturated carbocycles. The van der Waals surface area contributed by atoms with E-state index in [0.29, 0.717) is 51.8 Å². The van der Waals surface area contributed by atoms with Crippen molar-refractivity contribution < 1.29 is 14.2 Å². The Kier molecular flexibility index (Phi) is 9.18. The number of pyridine rings is 1. The topological polar surface area (TPSA) is 108 Å². The molecule has 0 fully saturated rings. The van der Waals surface area contributed by atoms with E-state index in [1.807, 2.05) is 41.0 Å². The second kappa shape index (κ2) is 13.3. The molecule has 0 unspecified atom stereocenters. The van der Waals surface area contributed by atoms with Crippen LogP contribution in [-0.4, -0.2) is 26.2 Å². The number of rotatable bonds is 9. The molecule has 5 rings (SSSR count). The fraction of sp³-hybridized carbons (Fsp3) is 0.129. The first kappa shape index (κ1) is 28.9. The third kappa shape index (κ3) is 6.63. The smallest absolute Gasteiger partial charge is 0.141 e. The Hall–Kier alpha value is -4.64. The molecule has 0 atom stereocenters. The number of imidazole rings is 1. The van der Waals surface area contributed by atoms with Gasteiger partial charge in [0.1, 0.15) is 30.9 Å². The number of benzene rings is 3. The van der Waals surface area contributed by atoms with Crippen molar-refractivity contribution in [1.82, 2.24) is 14.5 Å². The number of hydrogen-bond acceptors (Lipinski definition) is 7. The highest BCUT2D eigenvalue weighted by Crippen LogP contribution is 2.35. The van der Waals surface area contributed by atoms with Crippen molar-refractivity contribution in [3.8, 4) is 17.9 Å². The van der Waals surface area contributed by atoms with Crippen molar-refractivity contribution in [3.63, 3.8) is 0 Å². The van der Waals surface area contributed by atoms with Gasteiger partial charge in [0.25, 0.3) is 0 Å². The minimum absolute atomic E-state index is 0.0540. The SMILES string of the molecule is N#Cc1cnc2c(Cl)cc(NCc3c(C#CCO)ncn3COCc3ccccc3)cc2c1Nc1ccc(F)c(Cl)c1. The van der Waals surface area contributed by atoms with Crippen molar-refractivity contribution in [3.05, 3.63) is 112 Å². The first-order valence-electron chi connectivity index (χ1n) is 12.7. The van der Waals surface area contributed by atoms with Gasteiger partial charge < -0.3 is 25.0 Å². The molecule has 0 saturated heterocycles. The summed E-state index contributed by atoms with van der Waals surface area (Å²) in [5.41, 5.74) is 4.61. The molecule has 11 heteroatoms. The van der Waals surface area contributed by atoms with Crippen LogP contribution in [0.4, 0.5) is 21.5 Å². The number of anilines is 3. The largest absolute Gasteiger partial charge is 0.384 e. The fourth-order valence-electron chi connectivity index (χ4n) is 4.25. The first-order chi connectivity index (χ1) is 20.5. The molecular weight excluding hydrogens is 578 g/mol. The van der Waals surface area contributed by atoms with Crippen LogP contribution >= 0.6 is 23.2 Å². The van der Waals surface area contributed by atoms with Crippen molar-refractivity contribution in [2.75, 3.05) is 17.2 Å². The highest BCUT2D eigenvalue weighted by molar-refractivity contribution is 6.36. The second-order valence-corrected chi connectivity index (χ2v) is 9.87. The lowest BCUT2D eigenvalue weighted by Gasteiger charge is -2.15. The van der Waals surface area contributed by atoms with Gasteiger partial charge >= 0.3 is 0 Å². The maximum Gasteiger partial charge on any atom is 0.141 e. The molecule has 0 aliphatic carbocycles. The van der Waals surface area contributed by atoms with Gasteiger partial charge in [-0.2, -0.15) is 5.26 Å². The highest BCUT2D eigenvalue weighted by Gasteiger charge is 2.15. The van der Waals surface area contributed by atoms with Gasteiger partial charge in [0.05, 0.1) is 52.0 Å². The normalized spacial score (nSPS) is 10.6. The lowest BCUT2D eigenvalue weighted by Crippen LogP contribution is -2.11. The standard InChI is InChI=1S/C31H23Cl2FN6O2/c32-25-12-22(8-9-27(25)34)39-30-21(14-35)15-37-31-24(30)11-23(13-26(31)33)36-16-29-28(7-4-10-41)38-18-40(29)19-42-17-20-5-2-1-3-6-20/h1-3,5-6,8-9,11-13,15,18,36,41H,10,16-17,19H2,(H,37,39). The molecule has 3 N–H and O–H groups in total. The van der Waals surface area contributed by atoms with Gasteiger partial charge in [0.15, 0.2) is 0 Å². The van der Waals surface area contributed by atoms with Crippen LogP contribution < -0.4 is 10.6 Å². The molecule has 2 aromatic heterocycles. The van der Waals surface area contributed by atoms with Gasteiger partial charge in [-0.25, -0.2) is 9.37 Å². The minimum atomic E-state index is -0.551. The van der Waals surface area contributed by atoms with Crippen molar-refractivity contribution in [2.45, 2.75) is 19.9 Å². The average molecular weight is 601 g/mol. The lowest BCUT2D eigenvalue weighted by atomic mass is 10.1. The molecule has 5 aromatic rings. The molecule has 2 heterocycles. The maximum atomic E-state index is 13.7. The summed E-state index contributed by atoms with van der Waals surface area (Å²) in [5, 5.41) is 26.4. The molecule has 0 aliphatic heterocycles. The van der Waals surface area contributed by atoms with E-state index in [0.717, 1.165) is 11.3 Å². The third-order valence-electron chi connectivity index (χ3n) is 6.27. The Morgan fingerprint density at radius 2 is 1.83 bits per heavy atom. The lowest BCUT2D eigenvalue weighted by molar-refractivity contribution is 0.0624. The summed E-state index contributed by atoms with van der Waals surface area (Å²) in [6.07, 6.45) is 3.06. The molecule has 210 valence electrons. The zero-order chi connectivity index (χ0) is 29.5. The van der Waals surface area contributed by atoms with Gasteiger partial charge in [0.2, 0.25) is 0 Å². The Labute approximate surface area is 251 Å². The highest BCUT2D eigenvalue weighted by atomic mass is 35.5. The van der Waals surface area contributed by atoms with Crippen LogP contribution in [0.2, 0.25) is 10.0 Å². The van der Waals surface area contributed by atoms with E-state index < -0.39 is 5.82 Å². The van der Waals surface area contributed by atoms with Crippen LogP contribution in [0.15, 0.2) is 73.2 Å². The molecule has 0 bridgehead atoms. The molecule has 42 heavy (non-hydrogen) atoms. The van der Waals surface area contributed by atoms with E-state index in [-0.39, 0.29) is 23.9 Å². The number of aliphatic hydroxyl groups is 1. The molecule has 0 aliphatic rings. The maximum absolute atomic E-state index is 13.7. The van der Waals surface area contributed by atoms with E-state index >= 15 is 0 Å². The predicted molar refractivity (Wildman–Crippen MR) is 161 cm³/mol. The number of ether oxygens (including phenoxy) is 1. The summed E-state index contributed by atoms with van der Waals surface area (Å²) >= 11 is 12.6. The Morgan fingerprint density at radius 1 is 1.02 bits per heavy atom. The number of aliphatic hydroxyl groups excluding tert-OH is 1. The number of nitriles is 1. The molecule has 8 nitrogen and oxygen atoms in total. The molecule has 0 radical (unpaired) electrons. The van der Waals surface area contributed by atoms with Crippen LogP contribution in [0.3, 0.4) is 0 Å². The average Bonchev–Trinajstić information content (AvgIpc) is 3.38. The zero-order valence-electron chi connectivity index (χ0n) is 22.0. The minimum Gasteiger partial charge on any atom is -0.384 e. The number of aromatic nitrogens is 3. The van der Waals surface area contributed by atoms with E-state index in [1.54, 1.807) is 12.4 Å². The molecule has 0 amide bonds. The number of halogens is 3. The molecule has 3 aromatic carbocycles.